The number of nitrogens with two attached hydrogens (primary N) is 1. The van der Waals surface area contributed by atoms with Crippen LogP contribution in [0.3, 0.4) is 0 Å². The van der Waals surface area contributed by atoms with Gasteiger partial charge < -0.3 is 15.8 Å². The summed E-state index contributed by atoms with van der Waals surface area (Å²) >= 11 is 0. The predicted octanol–water partition coefficient (Wildman–Crippen LogP) is 2.83. The summed E-state index contributed by atoms with van der Waals surface area (Å²) in [5.74, 6) is 3.33. The molecule has 1 aromatic rings. The lowest BCUT2D eigenvalue weighted by atomic mass is 9.78. The lowest BCUT2D eigenvalue weighted by molar-refractivity contribution is 0.178. The second kappa shape index (κ2) is 6.88. The van der Waals surface area contributed by atoms with Gasteiger partial charge in [-0.1, -0.05) is 26.7 Å². The number of nitrogens with zero attached hydrogens (tertiary/aromatic N) is 2. The molecular formula is C15H26N4O. The number of anilines is 2. The molecule has 112 valence electrons. The zero-order chi connectivity index (χ0) is 14.5. The van der Waals surface area contributed by atoms with Crippen molar-refractivity contribution in [3.63, 3.8) is 0 Å². The molecule has 5 heteroatoms. The van der Waals surface area contributed by atoms with Gasteiger partial charge in [0, 0.05) is 19.2 Å². The molecule has 1 heterocycles. The average Bonchev–Trinajstić information content (AvgIpc) is 2.38. The van der Waals surface area contributed by atoms with Gasteiger partial charge in [0.25, 0.3) is 0 Å². The minimum absolute atomic E-state index is 0.387. The zero-order valence-corrected chi connectivity index (χ0v) is 12.7. The van der Waals surface area contributed by atoms with Crippen LogP contribution in [0.5, 0.6) is 0 Å². The fourth-order valence-corrected chi connectivity index (χ4v) is 3.11. The van der Waals surface area contributed by atoms with Gasteiger partial charge in [0.2, 0.25) is 0 Å². The van der Waals surface area contributed by atoms with Crippen LogP contribution >= 0.6 is 0 Å². The molecular weight excluding hydrogens is 252 g/mol. The average molecular weight is 278 g/mol. The zero-order valence-electron chi connectivity index (χ0n) is 12.7. The Kier molecular flexibility index (Phi) is 5.17. The Morgan fingerprint density at radius 3 is 2.80 bits per heavy atom. The second-order valence-corrected chi connectivity index (χ2v) is 5.97. The summed E-state index contributed by atoms with van der Waals surface area (Å²) in [4.78, 5) is 8.66. The van der Waals surface area contributed by atoms with Crippen LogP contribution in [-0.2, 0) is 11.3 Å². The van der Waals surface area contributed by atoms with Crippen molar-refractivity contribution in [2.24, 2.45) is 11.8 Å². The monoisotopic (exact) mass is 278 g/mol. The van der Waals surface area contributed by atoms with Crippen molar-refractivity contribution in [1.29, 1.82) is 0 Å². The molecule has 1 aliphatic carbocycles. The summed E-state index contributed by atoms with van der Waals surface area (Å²) in [7, 11) is 1.63. The molecule has 2 unspecified atom stereocenters. The number of ether oxygens (including phenoxy) is 1. The van der Waals surface area contributed by atoms with Crippen molar-refractivity contribution in [3.8, 4) is 0 Å². The number of hydrogen-bond donors (Lipinski definition) is 2. The lowest BCUT2D eigenvalue weighted by Gasteiger charge is -2.35. The number of nitrogen functional groups attached to an aromatic ring is 1. The quantitative estimate of drug-likeness (QED) is 0.866. The topological polar surface area (TPSA) is 73.1 Å². The maximum Gasteiger partial charge on any atom is 0.158 e. The van der Waals surface area contributed by atoms with E-state index in [0.29, 0.717) is 36.1 Å². The first-order chi connectivity index (χ1) is 9.60. The van der Waals surface area contributed by atoms with E-state index in [1.807, 2.05) is 6.07 Å². The van der Waals surface area contributed by atoms with Crippen LogP contribution in [0, 0.1) is 11.8 Å². The van der Waals surface area contributed by atoms with E-state index in [0.717, 1.165) is 5.82 Å². The standard InChI is InChI=1S/C15H26N4O/c1-10(2)11-6-4-5-7-12(11)17-14-8-13(16)18-15(19-14)9-20-3/h8,10-12H,4-7,9H2,1-3H3,(H3,16,17,18,19). The minimum atomic E-state index is 0.387. The maximum absolute atomic E-state index is 5.84. The molecule has 5 nitrogen and oxygen atoms in total. The Balaban J connectivity index is 2.11. The van der Waals surface area contributed by atoms with Crippen LogP contribution in [0.15, 0.2) is 6.07 Å². The van der Waals surface area contributed by atoms with Crippen molar-refractivity contribution >= 4 is 11.6 Å². The highest BCUT2D eigenvalue weighted by Crippen LogP contribution is 2.32. The van der Waals surface area contributed by atoms with Crippen LogP contribution in [0.2, 0.25) is 0 Å². The summed E-state index contributed by atoms with van der Waals surface area (Å²) < 4.78 is 5.08. The molecule has 1 aliphatic rings. The summed E-state index contributed by atoms with van der Waals surface area (Å²) in [6, 6.07) is 2.29. The summed E-state index contributed by atoms with van der Waals surface area (Å²) in [6.45, 7) is 4.99. The summed E-state index contributed by atoms with van der Waals surface area (Å²) in [5.41, 5.74) is 5.84. The minimum Gasteiger partial charge on any atom is -0.384 e. The summed E-state index contributed by atoms with van der Waals surface area (Å²) in [6.07, 6.45) is 5.11. The molecule has 0 amide bonds. The predicted molar refractivity (Wildman–Crippen MR) is 81.4 cm³/mol. The smallest absolute Gasteiger partial charge is 0.158 e. The number of methoxy groups -OCH3 is 1. The third-order valence-corrected chi connectivity index (χ3v) is 4.07. The van der Waals surface area contributed by atoms with Crippen LogP contribution in [0.25, 0.3) is 0 Å². The van der Waals surface area contributed by atoms with Crippen molar-refractivity contribution < 1.29 is 4.74 Å². The van der Waals surface area contributed by atoms with E-state index in [1.54, 1.807) is 7.11 Å². The van der Waals surface area contributed by atoms with Crippen molar-refractivity contribution in [2.45, 2.75) is 52.2 Å². The van der Waals surface area contributed by atoms with Crippen LogP contribution < -0.4 is 11.1 Å². The van der Waals surface area contributed by atoms with Crippen LogP contribution in [0.4, 0.5) is 11.6 Å². The fourth-order valence-electron chi connectivity index (χ4n) is 3.11. The molecule has 0 bridgehead atoms. The highest BCUT2D eigenvalue weighted by atomic mass is 16.5. The van der Waals surface area contributed by atoms with Crippen molar-refractivity contribution in [3.05, 3.63) is 11.9 Å². The Hall–Kier alpha value is -1.36. The third kappa shape index (κ3) is 3.82. The Bertz CT molecular complexity index is 436. The number of aromatic nitrogens is 2. The SMILES string of the molecule is COCc1nc(N)cc(NC2CCCCC2C(C)C)n1. The maximum atomic E-state index is 5.84. The third-order valence-electron chi connectivity index (χ3n) is 4.07. The highest BCUT2D eigenvalue weighted by Gasteiger charge is 2.27. The summed E-state index contributed by atoms with van der Waals surface area (Å²) in [5, 5.41) is 3.57. The second-order valence-electron chi connectivity index (χ2n) is 5.97. The molecule has 2 rings (SSSR count). The molecule has 2 atom stereocenters. The van der Waals surface area contributed by atoms with Gasteiger partial charge >= 0.3 is 0 Å². The molecule has 1 aromatic heterocycles. The van der Waals surface area contributed by atoms with Gasteiger partial charge in [0.05, 0.1) is 0 Å². The molecule has 0 spiro atoms. The first kappa shape index (κ1) is 15.0. The van der Waals surface area contributed by atoms with Gasteiger partial charge in [-0.25, -0.2) is 9.97 Å². The van der Waals surface area contributed by atoms with Gasteiger partial charge in [0.1, 0.15) is 18.2 Å². The highest BCUT2D eigenvalue weighted by molar-refractivity contribution is 5.45. The van der Waals surface area contributed by atoms with Gasteiger partial charge in [-0.2, -0.15) is 0 Å². The largest absolute Gasteiger partial charge is 0.384 e. The molecule has 1 fully saturated rings. The Labute approximate surface area is 121 Å². The fraction of sp³-hybridized carbons (Fsp3) is 0.733. The van der Waals surface area contributed by atoms with Crippen molar-refractivity contribution in [2.75, 3.05) is 18.2 Å². The Morgan fingerprint density at radius 1 is 1.35 bits per heavy atom. The molecule has 20 heavy (non-hydrogen) atoms. The van der Waals surface area contributed by atoms with Crippen LogP contribution in [0.1, 0.15) is 45.4 Å². The van der Waals surface area contributed by atoms with Gasteiger partial charge in [-0.15, -0.1) is 0 Å². The molecule has 0 aliphatic heterocycles. The number of nitrogens with one attached hydrogen (secondary N) is 1. The van der Waals surface area contributed by atoms with E-state index in [9.17, 15) is 0 Å². The normalized spacial score (nSPS) is 23.0. The van der Waals surface area contributed by atoms with Crippen LogP contribution in [-0.4, -0.2) is 23.1 Å². The first-order valence-corrected chi connectivity index (χ1v) is 7.49. The molecule has 1 saturated carbocycles. The first-order valence-electron chi connectivity index (χ1n) is 7.49. The molecule has 0 saturated heterocycles. The number of hydrogen-bond acceptors (Lipinski definition) is 5. The van der Waals surface area contributed by atoms with E-state index in [-0.39, 0.29) is 0 Å². The van der Waals surface area contributed by atoms with E-state index >= 15 is 0 Å². The van der Waals surface area contributed by atoms with E-state index in [2.05, 4.69) is 29.1 Å². The number of rotatable bonds is 5. The van der Waals surface area contributed by atoms with Gasteiger partial charge in [0.15, 0.2) is 5.82 Å². The molecule has 0 radical (unpaired) electrons. The van der Waals surface area contributed by atoms with E-state index in [4.69, 9.17) is 10.5 Å². The van der Waals surface area contributed by atoms with Gasteiger partial charge in [-0.3, -0.25) is 0 Å². The molecule has 0 aromatic carbocycles. The van der Waals surface area contributed by atoms with E-state index in [1.165, 1.54) is 25.7 Å². The lowest BCUT2D eigenvalue weighted by Crippen LogP contribution is -2.35. The Morgan fingerprint density at radius 2 is 2.10 bits per heavy atom. The van der Waals surface area contributed by atoms with Gasteiger partial charge in [-0.05, 0) is 24.7 Å². The van der Waals surface area contributed by atoms with E-state index < -0.39 is 0 Å². The van der Waals surface area contributed by atoms with Crippen molar-refractivity contribution in [1.82, 2.24) is 9.97 Å². The molecule has 3 N–H and O–H groups in total.